The average molecular weight is 279 g/mol. The lowest BCUT2D eigenvalue weighted by Crippen LogP contribution is -2.15. The molecule has 2 aromatic rings. The van der Waals surface area contributed by atoms with E-state index in [-0.39, 0.29) is 11.4 Å². The van der Waals surface area contributed by atoms with Crippen molar-refractivity contribution in [3.63, 3.8) is 0 Å². The highest BCUT2D eigenvalue weighted by Gasteiger charge is 2.11. The minimum Gasteiger partial charge on any atom is -0.493 e. The number of hydrogen-bond acceptors (Lipinski definition) is 3. The number of H-pyrrole nitrogens is 1. The second kappa shape index (κ2) is 5.45. The Hall–Kier alpha value is -1.81. The van der Waals surface area contributed by atoms with Gasteiger partial charge in [-0.3, -0.25) is 4.79 Å². The molecular weight excluding hydrogens is 264 g/mol. The van der Waals surface area contributed by atoms with E-state index >= 15 is 0 Å². The number of benzene rings is 1. The molecule has 2 rings (SSSR count). The van der Waals surface area contributed by atoms with Crippen molar-refractivity contribution in [1.29, 1.82) is 0 Å². The first-order valence-electron chi connectivity index (χ1n) is 6.11. The van der Waals surface area contributed by atoms with Gasteiger partial charge in [-0.1, -0.05) is 37.1 Å². The van der Waals surface area contributed by atoms with Crippen LogP contribution >= 0.6 is 11.6 Å². The molecule has 0 spiro atoms. The Labute approximate surface area is 116 Å². The molecule has 5 heteroatoms. The Bertz CT molecular complexity index is 665. The van der Waals surface area contributed by atoms with Crippen LogP contribution in [-0.4, -0.2) is 15.1 Å². The van der Waals surface area contributed by atoms with Gasteiger partial charge in [0.25, 0.3) is 5.56 Å². The molecule has 0 aliphatic carbocycles. The topological polar surface area (TPSA) is 66.0 Å². The van der Waals surface area contributed by atoms with Crippen LogP contribution in [0.4, 0.5) is 0 Å². The minimum absolute atomic E-state index is 0.211. The van der Waals surface area contributed by atoms with Gasteiger partial charge in [0, 0.05) is 10.6 Å². The normalized spacial score (nSPS) is 10.7. The quantitative estimate of drug-likeness (QED) is 0.907. The van der Waals surface area contributed by atoms with Crippen molar-refractivity contribution in [2.75, 3.05) is 0 Å². The van der Waals surface area contributed by atoms with Gasteiger partial charge in [0.2, 0.25) is 5.88 Å². The van der Waals surface area contributed by atoms with Gasteiger partial charge in [0.05, 0.1) is 5.56 Å². The van der Waals surface area contributed by atoms with E-state index in [1.807, 2.05) is 19.9 Å². The summed E-state index contributed by atoms with van der Waals surface area (Å²) >= 11 is 6.04. The largest absolute Gasteiger partial charge is 0.493 e. The Balaban J connectivity index is 2.52. The van der Waals surface area contributed by atoms with Crippen molar-refractivity contribution in [3.05, 3.63) is 44.7 Å². The van der Waals surface area contributed by atoms with Crippen LogP contribution in [0.15, 0.2) is 23.0 Å². The summed E-state index contributed by atoms with van der Waals surface area (Å²) in [5.41, 5.74) is 1.64. The molecule has 0 aliphatic rings. The molecular formula is C14H15ClN2O2. The molecule has 0 radical (unpaired) electrons. The third-order valence-corrected chi connectivity index (χ3v) is 3.35. The predicted molar refractivity (Wildman–Crippen MR) is 75.7 cm³/mol. The van der Waals surface area contributed by atoms with Gasteiger partial charge in [-0.2, -0.15) is 4.98 Å². The molecule has 0 saturated carbocycles. The maximum Gasteiger partial charge on any atom is 0.258 e. The molecule has 0 bridgehead atoms. The molecule has 100 valence electrons. The zero-order chi connectivity index (χ0) is 14.0. The van der Waals surface area contributed by atoms with E-state index in [1.54, 1.807) is 12.1 Å². The number of aromatic nitrogens is 2. The van der Waals surface area contributed by atoms with Gasteiger partial charge in [0.15, 0.2) is 0 Å². The molecule has 2 N–H and O–H groups in total. The summed E-state index contributed by atoms with van der Waals surface area (Å²) in [6.45, 7) is 3.83. The number of aromatic amines is 1. The molecule has 0 fully saturated rings. The van der Waals surface area contributed by atoms with E-state index in [1.165, 1.54) is 0 Å². The van der Waals surface area contributed by atoms with Crippen LogP contribution < -0.4 is 5.56 Å². The van der Waals surface area contributed by atoms with E-state index in [2.05, 4.69) is 9.97 Å². The van der Waals surface area contributed by atoms with Gasteiger partial charge >= 0.3 is 0 Å². The Morgan fingerprint density at radius 2 is 2.16 bits per heavy atom. The van der Waals surface area contributed by atoms with Crippen LogP contribution in [0.1, 0.15) is 24.5 Å². The molecule has 0 atom stereocenters. The van der Waals surface area contributed by atoms with Crippen molar-refractivity contribution >= 4 is 11.6 Å². The summed E-state index contributed by atoms with van der Waals surface area (Å²) < 4.78 is 0. The van der Waals surface area contributed by atoms with Gasteiger partial charge in [-0.25, -0.2) is 0 Å². The smallest absolute Gasteiger partial charge is 0.258 e. The van der Waals surface area contributed by atoms with Crippen LogP contribution in [0.25, 0.3) is 11.4 Å². The van der Waals surface area contributed by atoms with Crippen LogP contribution in [0, 0.1) is 6.92 Å². The molecule has 0 saturated heterocycles. The third kappa shape index (κ3) is 2.79. The molecule has 0 amide bonds. The summed E-state index contributed by atoms with van der Waals surface area (Å²) in [5, 5.41) is 10.4. The highest BCUT2D eigenvalue weighted by atomic mass is 35.5. The summed E-state index contributed by atoms with van der Waals surface area (Å²) in [4.78, 5) is 18.6. The van der Waals surface area contributed by atoms with Crippen LogP contribution in [-0.2, 0) is 6.42 Å². The molecule has 19 heavy (non-hydrogen) atoms. The second-order valence-electron chi connectivity index (χ2n) is 4.43. The molecule has 1 aromatic heterocycles. The first-order chi connectivity index (χ1) is 9.02. The highest BCUT2D eigenvalue weighted by molar-refractivity contribution is 6.31. The average Bonchev–Trinajstić information content (AvgIpc) is 2.37. The second-order valence-corrected chi connectivity index (χ2v) is 4.84. The van der Waals surface area contributed by atoms with Gasteiger partial charge in [-0.05, 0) is 25.0 Å². The van der Waals surface area contributed by atoms with Crippen molar-refractivity contribution < 1.29 is 5.11 Å². The highest BCUT2D eigenvalue weighted by Crippen LogP contribution is 2.24. The standard InChI is InChI=1S/C14H15ClN2O2/c1-3-4-10-13(18)16-12(17-14(10)19)9-6-5-8(2)11(15)7-9/h5-7H,3-4H2,1-2H3,(H2,16,17,18,19). The van der Waals surface area contributed by atoms with E-state index in [0.29, 0.717) is 28.4 Å². The van der Waals surface area contributed by atoms with Gasteiger partial charge in [0.1, 0.15) is 5.82 Å². The number of aryl methyl sites for hydroxylation is 1. The predicted octanol–water partition coefficient (Wildman–Crippen LogP) is 3.06. The lowest BCUT2D eigenvalue weighted by molar-refractivity contribution is 0.443. The number of nitrogens with one attached hydrogen (secondary N) is 1. The minimum atomic E-state index is -0.305. The zero-order valence-corrected chi connectivity index (χ0v) is 11.6. The monoisotopic (exact) mass is 278 g/mol. The number of aromatic hydroxyl groups is 1. The van der Waals surface area contributed by atoms with Crippen molar-refractivity contribution in [3.8, 4) is 17.3 Å². The summed E-state index contributed by atoms with van der Waals surface area (Å²) in [7, 11) is 0. The maximum absolute atomic E-state index is 11.9. The van der Waals surface area contributed by atoms with Gasteiger partial charge in [-0.15, -0.1) is 0 Å². The van der Waals surface area contributed by atoms with E-state index in [4.69, 9.17) is 11.6 Å². The Morgan fingerprint density at radius 3 is 2.74 bits per heavy atom. The van der Waals surface area contributed by atoms with Gasteiger partial charge < -0.3 is 10.1 Å². The van der Waals surface area contributed by atoms with E-state index in [0.717, 1.165) is 12.0 Å². The maximum atomic E-state index is 11.9. The number of nitrogens with zero attached hydrogens (tertiary/aromatic N) is 1. The van der Waals surface area contributed by atoms with Crippen molar-refractivity contribution in [2.45, 2.75) is 26.7 Å². The summed E-state index contributed by atoms with van der Waals surface area (Å²) in [5.74, 6) is 0.113. The molecule has 0 unspecified atom stereocenters. The summed E-state index contributed by atoms with van der Waals surface area (Å²) in [6.07, 6.45) is 1.27. The van der Waals surface area contributed by atoms with Crippen molar-refractivity contribution in [2.24, 2.45) is 0 Å². The first kappa shape index (κ1) is 13.6. The van der Waals surface area contributed by atoms with Crippen LogP contribution in [0.3, 0.4) is 0 Å². The van der Waals surface area contributed by atoms with Crippen molar-refractivity contribution in [1.82, 2.24) is 9.97 Å². The fraction of sp³-hybridized carbons (Fsp3) is 0.286. The molecule has 1 heterocycles. The number of hydrogen-bond donors (Lipinski definition) is 2. The molecule has 0 aliphatic heterocycles. The lowest BCUT2D eigenvalue weighted by Gasteiger charge is -2.06. The summed E-state index contributed by atoms with van der Waals surface area (Å²) in [6, 6.07) is 5.36. The van der Waals surface area contributed by atoms with Crippen LogP contribution in [0.2, 0.25) is 5.02 Å². The fourth-order valence-corrected chi connectivity index (χ4v) is 2.02. The van der Waals surface area contributed by atoms with E-state index < -0.39 is 0 Å². The van der Waals surface area contributed by atoms with E-state index in [9.17, 15) is 9.90 Å². The Kier molecular flexibility index (Phi) is 3.90. The molecule has 1 aromatic carbocycles. The first-order valence-corrected chi connectivity index (χ1v) is 6.49. The fourth-order valence-electron chi connectivity index (χ4n) is 1.84. The SMILES string of the molecule is CCCc1c(O)nc(-c2ccc(C)c(Cl)c2)[nH]c1=O. The zero-order valence-electron chi connectivity index (χ0n) is 10.8. The third-order valence-electron chi connectivity index (χ3n) is 2.94. The lowest BCUT2D eigenvalue weighted by atomic mass is 10.1. The van der Waals surface area contributed by atoms with Crippen LogP contribution in [0.5, 0.6) is 5.88 Å². The molecule has 4 nitrogen and oxygen atoms in total. The number of halogens is 1. The Morgan fingerprint density at radius 1 is 1.42 bits per heavy atom. The number of rotatable bonds is 3.